The summed E-state index contributed by atoms with van der Waals surface area (Å²) in [7, 11) is 0. The number of rotatable bonds is 1. The van der Waals surface area contributed by atoms with Gasteiger partial charge in [0.2, 0.25) is 5.91 Å². The van der Waals surface area contributed by atoms with Crippen molar-refractivity contribution in [3.8, 4) is 0 Å². The monoisotopic (exact) mass is 184 g/mol. The summed E-state index contributed by atoms with van der Waals surface area (Å²) in [5.41, 5.74) is 0. The Bertz CT molecular complexity index is 237. The first-order valence-corrected chi connectivity index (χ1v) is 4.34. The Morgan fingerprint density at radius 2 is 1.85 bits per heavy atom. The number of hydrogen-bond acceptors (Lipinski definition) is 4. The Kier molecular flexibility index (Phi) is 2.15. The molecule has 2 rings (SSSR count). The Morgan fingerprint density at radius 3 is 2.38 bits per heavy atom. The Hall–Kier alpha value is -1.14. The van der Waals surface area contributed by atoms with Crippen LogP contribution in [0.2, 0.25) is 0 Å². The molecule has 3 amide bonds. The zero-order valence-electron chi connectivity index (χ0n) is 7.25. The first kappa shape index (κ1) is 8.46. The molecule has 0 aromatic carbocycles. The van der Waals surface area contributed by atoms with E-state index in [9.17, 15) is 9.59 Å². The Balaban J connectivity index is 1.99. The predicted octanol–water partition coefficient (Wildman–Crippen LogP) is -1.64. The van der Waals surface area contributed by atoms with E-state index >= 15 is 0 Å². The molecule has 6 nitrogen and oxygen atoms in total. The van der Waals surface area contributed by atoms with Crippen molar-refractivity contribution in [1.29, 1.82) is 0 Å². The number of hydrogen-bond donors (Lipinski definition) is 2. The van der Waals surface area contributed by atoms with Gasteiger partial charge in [0.05, 0.1) is 0 Å². The zero-order valence-corrected chi connectivity index (χ0v) is 7.25. The largest absolute Gasteiger partial charge is 0.339 e. The lowest BCUT2D eigenvalue weighted by Gasteiger charge is -2.33. The molecular formula is C7H12N4O2. The van der Waals surface area contributed by atoms with Crippen molar-refractivity contribution >= 4 is 11.9 Å². The van der Waals surface area contributed by atoms with Gasteiger partial charge in [-0.2, -0.15) is 0 Å². The minimum Gasteiger partial charge on any atom is -0.314 e. The van der Waals surface area contributed by atoms with Crippen LogP contribution in [0.3, 0.4) is 0 Å². The average Bonchev–Trinajstić information content (AvgIpc) is 2.47. The van der Waals surface area contributed by atoms with Gasteiger partial charge in [0, 0.05) is 26.2 Å². The van der Waals surface area contributed by atoms with Gasteiger partial charge in [-0.3, -0.25) is 10.1 Å². The van der Waals surface area contributed by atoms with Gasteiger partial charge in [-0.15, -0.1) is 0 Å². The van der Waals surface area contributed by atoms with Crippen LogP contribution in [0.25, 0.3) is 0 Å². The Morgan fingerprint density at radius 1 is 1.15 bits per heavy atom. The number of carbonyl (C=O) groups excluding carboxylic acids is 2. The summed E-state index contributed by atoms with van der Waals surface area (Å²) in [5.74, 6) is -0.219. The molecule has 13 heavy (non-hydrogen) atoms. The van der Waals surface area contributed by atoms with Crippen LogP contribution < -0.4 is 10.6 Å². The summed E-state index contributed by atoms with van der Waals surface area (Å²) in [6.07, 6.45) is 0. The van der Waals surface area contributed by atoms with Gasteiger partial charge in [-0.1, -0.05) is 0 Å². The SMILES string of the molecule is O=C1CN(N2CCNCC2)C(=O)N1. The first-order chi connectivity index (χ1) is 6.27. The fraction of sp³-hybridized carbons (Fsp3) is 0.714. The first-order valence-electron chi connectivity index (χ1n) is 4.34. The minimum absolute atomic E-state index is 0.166. The summed E-state index contributed by atoms with van der Waals surface area (Å²) in [4.78, 5) is 22.1. The Labute approximate surface area is 75.8 Å². The highest BCUT2D eigenvalue weighted by Gasteiger charge is 2.31. The van der Waals surface area contributed by atoms with E-state index in [1.165, 1.54) is 5.01 Å². The number of nitrogens with zero attached hydrogens (tertiary/aromatic N) is 2. The second-order valence-corrected chi connectivity index (χ2v) is 3.11. The van der Waals surface area contributed by atoms with Gasteiger partial charge in [-0.05, 0) is 0 Å². The third kappa shape index (κ3) is 1.63. The maximum atomic E-state index is 11.2. The van der Waals surface area contributed by atoms with E-state index in [4.69, 9.17) is 0 Å². The lowest BCUT2D eigenvalue weighted by atomic mass is 10.4. The molecule has 0 spiro atoms. The maximum Gasteiger partial charge on any atom is 0.339 e. The van der Waals surface area contributed by atoms with E-state index in [1.807, 2.05) is 5.01 Å². The van der Waals surface area contributed by atoms with Crippen LogP contribution in [0, 0.1) is 0 Å². The summed E-state index contributed by atoms with van der Waals surface area (Å²) in [6, 6.07) is -0.299. The molecular weight excluding hydrogens is 172 g/mol. The van der Waals surface area contributed by atoms with Gasteiger partial charge >= 0.3 is 6.03 Å². The molecule has 72 valence electrons. The van der Waals surface area contributed by atoms with Crippen molar-refractivity contribution in [1.82, 2.24) is 20.7 Å². The summed E-state index contributed by atoms with van der Waals surface area (Å²) < 4.78 is 0. The lowest BCUT2D eigenvalue weighted by molar-refractivity contribution is -0.120. The van der Waals surface area contributed by atoms with Crippen LogP contribution in [0.1, 0.15) is 0 Å². The predicted molar refractivity (Wildman–Crippen MR) is 44.7 cm³/mol. The van der Waals surface area contributed by atoms with E-state index < -0.39 is 0 Å². The molecule has 2 N–H and O–H groups in total. The highest BCUT2D eigenvalue weighted by atomic mass is 16.2. The van der Waals surface area contributed by atoms with E-state index in [0.29, 0.717) is 0 Å². The van der Waals surface area contributed by atoms with Crippen LogP contribution in [0.15, 0.2) is 0 Å². The van der Waals surface area contributed by atoms with Gasteiger partial charge in [-0.25, -0.2) is 14.8 Å². The molecule has 2 aliphatic heterocycles. The molecule has 2 heterocycles. The van der Waals surface area contributed by atoms with Crippen LogP contribution in [0.4, 0.5) is 4.79 Å². The van der Waals surface area contributed by atoms with Gasteiger partial charge in [0.25, 0.3) is 0 Å². The zero-order chi connectivity index (χ0) is 9.26. The third-order valence-electron chi connectivity index (χ3n) is 2.21. The molecule has 6 heteroatoms. The molecule has 0 aromatic rings. The minimum atomic E-state index is -0.299. The number of nitrogens with one attached hydrogen (secondary N) is 2. The van der Waals surface area contributed by atoms with Crippen LogP contribution in [-0.4, -0.2) is 54.7 Å². The molecule has 2 fully saturated rings. The van der Waals surface area contributed by atoms with Crippen molar-refractivity contribution in [2.24, 2.45) is 0 Å². The van der Waals surface area contributed by atoms with Crippen molar-refractivity contribution in [3.63, 3.8) is 0 Å². The topological polar surface area (TPSA) is 64.7 Å². The highest BCUT2D eigenvalue weighted by Crippen LogP contribution is 2.04. The molecule has 0 aliphatic carbocycles. The molecule has 0 radical (unpaired) electrons. The van der Waals surface area contributed by atoms with E-state index in [2.05, 4.69) is 10.6 Å². The van der Waals surface area contributed by atoms with E-state index in [0.717, 1.165) is 26.2 Å². The van der Waals surface area contributed by atoms with Crippen molar-refractivity contribution in [3.05, 3.63) is 0 Å². The average molecular weight is 184 g/mol. The normalized spacial score (nSPS) is 25.1. The number of imide groups is 1. The fourth-order valence-corrected chi connectivity index (χ4v) is 1.55. The quantitative estimate of drug-likeness (QED) is 0.480. The smallest absolute Gasteiger partial charge is 0.314 e. The third-order valence-corrected chi connectivity index (χ3v) is 2.21. The fourth-order valence-electron chi connectivity index (χ4n) is 1.55. The molecule has 0 bridgehead atoms. The lowest BCUT2D eigenvalue weighted by Crippen LogP contribution is -2.53. The van der Waals surface area contributed by atoms with Gasteiger partial charge < -0.3 is 5.32 Å². The number of amides is 3. The number of piperazine rings is 1. The summed E-state index contributed by atoms with van der Waals surface area (Å²) in [5, 5.41) is 8.80. The van der Waals surface area contributed by atoms with Crippen molar-refractivity contribution < 1.29 is 9.59 Å². The van der Waals surface area contributed by atoms with Crippen molar-refractivity contribution in [2.45, 2.75) is 0 Å². The standard InChI is InChI=1S/C7H12N4O2/c12-6-5-11(7(13)9-6)10-3-1-8-2-4-10/h8H,1-5H2,(H,9,12,13). The van der Waals surface area contributed by atoms with Crippen LogP contribution >= 0.6 is 0 Å². The molecule has 2 aliphatic rings. The molecule has 2 saturated heterocycles. The second kappa shape index (κ2) is 3.31. The molecule has 0 atom stereocenters. The molecule has 0 saturated carbocycles. The van der Waals surface area contributed by atoms with E-state index in [1.54, 1.807) is 0 Å². The molecule has 0 unspecified atom stereocenters. The number of carbonyl (C=O) groups is 2. The van der Waals surface area contributed by atoms with Crippen molar-refractivity contribution in [2.75, 3.05) is 32.7 Å². The number of hydrazine groups is 1. The number of urea groups is 1. The summed E-state index contributed by atoms with van der Waals surface area (Å²) in [6.45, 7) is 3.44. The van der Waals surface area contributed by atoms with Crippen LogP contribution in [-0.2, 0) is 4.79 Å². The van der Waals surface area contributed by atoms with Crippen LogP contribution in [0.5, 0.6) is 0 Å². The van der Waals surface area contributed by atoms with Gasteiger partial charge in [0.1, 0.15) is 6.54 Å². The van der Waals surface area contributed by atoms with Gasteiger partial charge in [0.15, 0.2) is 0 Å². The van der Waals surface area contributed by atoms with E-state index in [-0.39, 0.29) is 18.5 Å². The maximum absolute atomic E-state index is 11.2. The highest BCUT2D eigenvalue weighted by molar-refractivity contribution is 6.01. The molecule has 0 aromatic heterocycles. The summed E-state index contributed by atoms with van der Waals surface area (Å²) >= 11 is 0. The second-order valence-electron chi connectivity index (χ2n) is 3.11.